The van der Waals surface area contributed by atoms with Gasteiger partial charge in [-0.1, -0.05) is 23.7 Å². The Kier molecular flexibility index (Phi) is 6.36. The summed E-state index contributed by atoms with van der Waals surface area (Å²) in [7, 11) is 0. The second kappa shape index (κ2) is 8.17. The monoisotopic (exact) mass is 395 g/mol. The van der Waals surface area contributed by atoms with Crippen molar-refractivity contribution >= 4 is 35.7 Å². The molecular formula is C19H26ClN3O4. The number of aryl methyl sites for hydroxylation is 1. The van der Waals surface area contributed by atoms with Crippen molar-refractivity contribution in [1.29, 1.82) is 0 Å². The molecule has 0 bridgehead atoms. The normalized spacial score (nSPS) is 16.4. The molecule has 0 aliphatic carbocycles. The van der Waals surface area contributed by atoms with Crippen LogP contribution >= 0.6 is 11.6 Å². The number of hydrogen-bond donors (Lipinski definition) is 2. The van der Waals surface area contributed by atoms with Crippen molar-refractivity contribution in [2.75, 3.05) is 18.4 Å². The molecule has 0 aromatic heterocycles. The zero-order valence-electron chi connectivity index (χ0n) is 16.1. The third-order valence-electron chi connectivity index (χ3n) is 4.48. The fraction of sp³-hybridized carbons (Fsp3) is 0.526. The fourth-order valence-corrected chi connectivity index (χ4v) is 3.11. The molecule has 7 nitrogen and oxygen atoms in total. The van der Waals surface area contributed by atoms with Gasteiger partial charge in [-0.15, -0.1) is 0 Å². The van der Waals surface area contributed by atoms with Crippen molar-refractivity contribution < 1.29 is 19.1 Å². The first-order valence-corrected chi connectivity index (χ1v) is 9.22. The van der Waals surface area contributed by atoms with Gasteiger partial charge in [0.2, 0.25) is 12.3 Å². The Bertz CT molecular complexity index is 722. The molecule has 0 spiro atoms. The topological polar surface area (TPSA) is 87.7 Å². The fourth-order valence-electron chi connectivity index (χ4n) is 2.93. The van der Waals surface area contributed by atoms with Crippen LogP contribution < -0.4 is 10.6 Å². The first-order chi connectivity index (χ1) is 12.6. The molecule has 0 atom stereocenters. The van der Waals surface area contributed by atoms with E-state index in [2.05, 4.69) is 10.6 Å². The van der Waals surface area contributed by atoms with Crippen molar-refractivity contribution in [3.8, 4) is 0 Å². The number of halogens is 1. The molecule has 1 aromatic rings. The largest absolute Gasteiger partial charge is 0.444 e. The van der Waals surface area contributed by atoms with Gasteiger partial charge < -0.3 is 20.3 Å². The minimum Gasteiger partial charge on any atom is -0.444 e. The summed E-state index contributed by atoms with van der Waals surface area (Å²) < 4.78 is 5.37. The van der Waals surface area contributed by atoms with Gasteiger partial charge >= 0.3 is 6.09 Å². The lowest BCUT2D eigenvalue weighted by molar-refractivity contribution is -0.127. The number of nitrogens with one attached hydrogen (secondary N) is 2. The first-order valence-electron chi connectivity index (χ1n) is 8.84. The maximum atomic E-state index is 12.9. The minimum atomic E-state index is -1.10. The quantitative estimate of drug-likeness (QED) is 0.767. The predicted molar refractivity (Wildman–Crippen MR) is 104 cm³/mol. The Labute approximate surface area is 164 Å². The number of carbonyl (C=O) groups excluding carboxylic acids is 3. The van der Waals surface area contributed by atoms with E-state index in [1.54, 1.807) is 37.8 Å². The molecule has 1 heterocycles. The van der Waals surface area contributed by atoms with Crippen LogP contribution in [-0.4, -0.2) is 47.5 Å². The molecule has 0 radical (unpaired) electrons. The summed E-state index contributed by atoms with van der Waals surface area (Å²) >= 11 is 6.25. The Morgan fingerprint density at radius 3 is 2.44 bits per heavy atom. The van der Waals surface area contributed by atoms with Gasteiger partial charge in [0, 0.05) is 13.1 Å². The van der Waals surface area contributed by atoms with Crippen LogP contribution in [0.3, 0.4) is 0 Å². The lowest BCUT2D eigenvalue weighted by Gasteiger charge is -2.40. The highest BCUT2D eigenvalue weighted by Crippen LogP contribution is 2.29. The van der Waals surface area contributed by atoms with Crippen LogP contribution in [0.1, 0.15) is 39.2 Å². The predicted octanol–water partition coefficient (Wildman–Crippen LogP) is 3.10. The number of ether oxygens (including phenoxy) is 1. The Morgan fingerprint density at radius 2 is 1.89 bits per heavy atom. The number of amides is 3. The summed E-state index contributed by atoms with van der Waals surface area (Å²) in [6, 6.07) is 5.34. The first kappa shape index (κ1) is 21.0. The molecule has 27 heavy (non-hydrogen) atoms. The van der Waals surface area contributed by atoms with Crippen LogP contribution in [0.5, 0.6) is 0 Å². The van der Waals surface area contributed by atoms with E-state index in [0.717, 1.165) is 5.56 Å². The molecule has 1 aliphatic rings. The summed E-state index contributed by atoms with van der Waals surface area (Å²) in [5.74, 6) is -0.356. The van der Waals surface area contributed by atoms with E-state index < -0.39 is 17.2 Å². The van der Waals surface area contributed by atoms with Crippen LogP contribution in [-0.2, 0) is 14.3 Å². The highest BCUT2D eigenvalue weighted by atomic mass is 35.5. The van der Waals surface area contributed by atoms with Gasteiger partial charge in [-0.25, -0.2) is 4.79 Å². The van der Waals surface area contributed by atoms with E-state index in [9.17, 15) is 14.4 Å². The Balaban J connectivity index is 2.10. The highest BCUT2D eigenvalue weighted by molar-refractivity contribution is 6.34. The number of likely N-dealkylation sites (tertiary alicyclic amines) is 1. The molecule has 2 rings (SSSR count). The second-order valence-electron chi connectivity index (χ2n) is 7.70. The zero-order chi connectivity index (χ0) is 20.2. The summed E-state index contributed by atoms with van der Waals surface area (Å²) in [5, 5.41) is 5.90. The summed E-state index contributed by atoms with van der Waals surface area (Å²) in [4.78, 5) is 37.8. The average molecular weight is 396 g/mol. The van der Waals surface area contributed by atoms with Crippen LogP contribution in [0, 0.1) is 6.92 Å². The second-order valence-corrected chi connectivity index (χ2v) is 8.08. The maximum Gasteiger partial charge on any atom is 0.410 e. The number of nitrogens with zero attached hydrogens (tertiary/aromatic N) is 1. The van der Waals surface area contributed by atoms with Crippen molar-refractivity contribution in [1.82, 2.24) is 10.2 Å². The van der Waals surface area contributed by atoms with Crippen molar-refractivity contribution in [3.05, 3.63) is 28.8 Å². The van der Waals surface area contributed by atoms with Gasteiger partial charge in [0.1, 0.15) is 11.1 Å². The van der Waals surface area contributed by atoms with Gasteiger partial charge in [-0.3, -0.25) is 9.59 Å². The molecule has 0 saturated carbocycles. The third-order valence-corrected chi connectivity index (χ3v) is 4.98. The van der Waals surface area contributed by atoms with E-state index in [1.165, 1.54) is 0 Å². The van der Waals surface area contributed by atoms with Gasteiger partial charge in [0.05, 0.1) is 10.7 Å². The summed E-state index contributed by atoms with van der Waals surface area (Å²) in [6.45, 7) is 7.83. The molecule has 0 unspecified atom stereocenters. The molecular weight excluding hydrogens is 370 g/mol. The lowest BCUT2D eigenvalue weighted by atomic mass is 9.86. The number of benzene rings is 1. The average Bonchev–Trinajstić information content (AvgIpc) is 2.58. The lowest BCUT2D eigenvalue weighted by Crippen LogP contribution is -2.60. The standard InChI is InChI=1S/C19H26ClN3O4/c1-13-6-5-7-14(15(13)20)22-16(25)19(21-12-24)8-10-23(11-9-19)17(26)27-18(2,3)4/h5-7,12H,8-11H2,1-4H3,(H,21,24)(H,22,25). The maximum absolute atomic E-state index is 12.9. The molecule has 8 heteroatoms. The number of carbonyl (C=O) groups is 3. The van der Waals surface area contributed by atoms with E-state index in [0.29, 0.717) is 30.2 Å². The van der Waals surface area contributed by atoms with E-state index in [-0.39, 0.29) is 18.7 Å². The van der Waals surface area contributed by atoms with Gasteiger partial charge in [-0.05, 0) is 52.2 Å². The van der Waals surface area contributed by atoms with Crippen LogP contribution in [0.25, 0.3) is 0 Å². The van der Waals surface area contributed by atoms with E-state index >= 15 is 0 Å². The van der Waals surface area contributed by atoms with Crippen LogP contribution in [0.4, 0.5) is 10.5 Å². The molecule has 3 amide bonds. The number of anilines is 1. The van der Waals surface area contributed by atoms with Crippen molar-refractivity contribution in [2.24, 2.45) is 0 Å². The third kappa shape index (κ3) is 5.13. The number of rotatable bonds is 4. The SMILES string of the molecule is Cc1cccc(NC(=O)C2(NC=O)CCN(C(=O)OC(C)(C)C)CC2)c1Cl. The Morgan fingerprint density at radius 1 is 1.26 bits per heavy atom. The van der Waals surface area contributed by atoms with Crippen molar-refractivity contribution in [2.45, 2.75) is 51.7 Å². The highest BCUT2D eigenvalue weighted by Gasteiger charge is 2.43. The summed E-state index contributed by atoms with van der Waals surface area (Å²) in [6.07, 6.45) is 0.644. The van der Waals surface area contributed by atoms with E-state index in [1.807, 2.05) is 13.0 Å². The van der Waals surface area contributed by atoms with Crippen LogP contribution in [0.15, 0.2) is 18.2 Å². The molecule has 1 saturated heterocycles. The van der Waals surface area contributed by atoms with Crippen molar-refractivity contribution in [3.63, 3.8) is 0 Å². The smallest absolute Gasteiger partial charge is 0.410 e. The number of hydrogen-bond acceptors (Lipinski definition) is 4. The molecule has 148 valence electrons. The van der Waals surface area contributed by atoms with E-state index in [4.69, 9.17) is 16.3 Å². The van der Waals surface area contributed by atoms with Gasteiger partial charge in [0.25, 0.3) is 0 Å². The molecule has 2 N–H and O–H groups in total. The zero-order valence-corrected chi connectivity index (χ0v) is 16.9. The Hall–Kier alpha value is -2.28. The van der Waals surface area contributed by atoms with Gasteiger partial charge in [0.15, 0.2) is 0 Å². The van der Waals surface area contributed by atoms with Gasteiger partial charge in [-0.2, -0.15) is 0 Å². The minimum absolute atomic E-state index is 0.278. The molecule has 1 aromatic carbocycles. The molecule has 1 aliphatic heterocycles. The van der Waals surface area contributed by atoms with Crippen LogP contribution in [0.2, 0.25) is 5.02 Å². The summed E-state index contributed by atoms with van der Waals surface area (Å²) in [5.41, 5.74) is -0.367. The number of piperidine rings is 1. The molecule has 1 fully saturated rings.